The highest BCUT2D eigenvalue weighted by Gasteiger charge is 2.28. The highest BCUT2D eigenvalue weighted by Crippen LogP contribution is 2.29. The number of hydrogen-bond donors (Lipinski definition) is 3. The maximum Gasteiger partial charge on any atom is 0.317 e. The number of pyridine rings is 1. The van der Waals surface area contributed by atoms with Crippen molar-refractivity contribution in [1.29, 1.82) is 0 Å². The number of aromatic nitrogens is 4. The van der Waals surface area contributed by atoms with E-state index in [0.29, 0.717) is 31.2 Å². The number of aromatic amines is 1. The molecule has 8 heteroatoms. The number of rotatable bonds is 4. The number of aliphatic hydroxyl groups is 1. The number of amides is 2. The minimum atomic E-state index is -0.576. The standard InChI is InChI=1S/C16H22N6O2/c1-11-19-14(21-20-11)10-18-16(24)22-8-5-12(6-9-22)15(23)13-4-2-3-7-17-13/h2-4,7,12,15,23H,5-6,8-10H2,1H3,(H,18,24)(H,19,20,21). The first-order valence-electron chi connectivity index (χ1n) is 8.13. The van der Waals surface area contributed by atoms with Crippen LogP contribution in [0, 0.1) is 12.8 Å². The average Bonchev–Trinajstić information content (AvgIpc) is 3.05. The molecule has 2 aromatic heterocycles. The van der Waals surface area contributed by atoms with Crippen molar-refractivity contribution in [3.8, 4) is 0 Å². The van der Waals surface area contributed by atoms with Gasteiger partial charge in [-0.2, -0.15) is 5.10 Å². The van der Waals surface area contributed by atoms with Gasteiger partial charge >= 0.3 is 6.03 Å². The Hall–Kier alpha value is -2.48. The molecule has 0 spiro atoms. The van der Waals surface area contributed by atoms with Gasteiger partial charge in [0.05, 0.1) is 18.3 Å². The van der Waals surface area contributed by atoms with Crippen LogP contribution in [0.25, 0.3) is 0 Å². The van der Waals surface area contributed by atoms with Gasteiger partial charge in [0.15, 0.2) is 5.82 Å². The third-order valence-corrected chi connectivity index (χ3v) is 4.31. The van der Waals surface area contributed by atoms with Gasteiger partial charge in [-0.15, -0.1) is 0 Å². The minimum absolute atomic E-state index is 0.122. The van der Waals surface area contributed by atoms with Crippen LogP contribution >= 0.6 is 0 Å². The van der Waals surface area contributed by atoms with E-state index in [4.69, 9.17) is 0 Å². The number of piperidine rings is 1. The molecule has 1 atom stereocenters. The Morgan fingerprint density at radius 2 is 2.25 bits per heavy atom. The van der Waals surface area contributed by atoms with Gasteiger partial charge in [0.25, 0.3) is 0 Å². The number of carbonyl (C=O) groups excluding carboxylic acids is 1. The lowest BCUT2D eigenvalue weighted by Crippen LogP contribution is -2.45. The lowest BCUT2D eigenvalue weighted by atomic mass is 9.89. The molecule has 0 radical (unpaired) electrons. The number of aryl methyl sites for hydroxylation is 1. The molecule has 128 valence electrons. The Labute approximate surface area is 140 Å². The van der Waals surface area contributed by atoms with Crippen molar-refractivity contribution in [3.63, 3.8) is 0 Å². The first-order chi connectivity index (χ1) is 11.6. The number of nitrogens with zero attached hydrogens (tertiary/aromatic N) is 4. The van der Waals surface area contributed by atoms with E-state index >= 15 is 0 Å². The van der Waals surface area contributed by atoms with E-state index in [1.54, 1.807) is 11.1 Å². The summed E-state index contributed by atoms with van der Waals surface area (Å²) in [6.45, 7) is 3.36. The molecule has 3 heterocycles. The quantitative estimate of drug-likeness (QED) is 0.780. The number of likely N-dealkylation sites (tertiary alicyclic amines) is 1. The summed E-state index contributed by atoms with van der Waals surface area (Å²) in [6.07, 6.45) is 2.62. The number of carbonyl (C=O) groups is 1. The first kappa shape index (κ1) is 16.4. The molecule has 0 bridgehead atoms. The fraction of sp³-hybridized carbons (Fsp3) is 0.500. The molecule has 1 unspecified atom stereocenters. The maximum absolute atomic E-state index is 12.2. The summed E-state index contributed by atoms with van der Waals surface area (Å²) < 4.78 is 0. The number of hydrogen-bond acceptors (Lipinski definition) is 5. The van der Waals surface area contributed by atoms with E-state index < -0.39 is 6.10 Å². The summed E-state index contributed by atoms with van der Waals surface area (Å²) in [4.78, 5) is 22.3. The zero-order valence-electron chi connectivity index (χ0n) is 13.6. The normalized spacial score (nSPS) is 16.8. The molecule has 3 N–H and O–H groups in total. The lowest BCUT2D eigenvalue weighted by molar-refractivity contribution is 0.0635. The fourth-order valence-electron chi connectivity index (χ4n) is 2.95. The summed E-state index contributed by atoms with van der Waals surface area (Å²) in [7, 11) is 0. The van der Waals surface area contributed by atoms with Gasteiger partial charge < -0.3 is 15.3 Å². The number of aliphatic hydroxyl groups excluding tert-OH is 1. The predicted octanol–water partition coefficient (Wildman–Crippen LogP) is 1.16. The van der Waals surface area contributed by atoms with E-state index in [9.17, 15) is 9.90 Å². The van der Waals surface area contributed by atoms with E-state index in [1.165, 1.54) is 0 Å². The second kappa shape index (κ2) is 7.39. The Bertz CT molecular complexity index is 666. The number of nitrogens with one attached hydrogen (secondary N) is 2. The summed E-state index contributed by atoms with van der Waals surface area (Å²) >= 11 is 0. The van der Waals surface area contributed by atoms with Crippen molar-refractivity contribution >= 4 is 6.03 Å². The molecule has 3 rings (SSSR count). The predicted molar refractivity (Wildman–Crippen MR) is 86.8 cm³/mol. The molecule has 1 fully saturated rings. The summed E-state index contributed by atoms with van der Waals surface area (Å²) in [5.74, 6) is 1.42. The van der Waals surface area contributed by atoms with Crippen LogP contribution in [0.5, 0.6) is 0 Å². The topological polar surface area (TPSA) is 107 Å². The van der Waals surface area contributed by atoms with E-state index in [0.717, 1.165) is 18.7 Å². The molecule has 2 aromatic rings. The third kappa shape index (κ3) is 3.88. The van der Waals surface area contributed by atoms with Crippen LogP contribution in [0.4, 0.5) is 4.79 Å². The molecule has 1 saturated heterocycles. The Balaban J connectivity index is 1.47. The molecule has 0 aliphatic carbocycles. The SMILES string of the molecule is Cc1nc(CNC(=O)N2CCC(C(O)c3ccccn3)CC2)n[nH]1. The highest BCUT2D eigenvalue weighted by molar-refractivity contribution is 5.74. The molecule has 8 nitrogen and oxygen atoms in total. The van der Waals surface area contributed by atoms with Crippen molar-refractivity contribution in [1.82, 2.24) is 30.4 Å². The summed E-state index contributed by atoms with van der Waals surface area (Å²) in [6, 6.07) is 5.42. The van der Waals surface area contributed by atoms with Gasteiger partial charge in [-0.05, 0) is 37.8 Å². The summed E-state index contributed by atoms with van der Waals surface area (Å²) in [5.41, 5.74) is 0.695. The van der Waals surface area contributed by atoms with Crippen molar-refractivity contribution in [2.75, 3.05) is 13.1 Å². The van der Waals surface area contributed by atoms with Gasteiger partial charge in [-0.1, -0.05) is 6.07 Å². The van der Waals surface area contributed by atoms with E-state index in [1.807, 2.05) is 25.1 Å². The van der Waals surface area contributed by atoms with Gasteiger partial charge in [0, 0.05) is 19.3 Å². The van der Waals surface area contributed by atoms with Crippen LogP contribution in [0.1, 0.15) is 36.3 Å². The smallest absolute Gasteiger partial charge is 0.317 e. The largest absolute Gasteiger partial charge is 0.387 e. The highest BCUT2D eigenvalue weighted by atomic mass is 16.3. The number of urea groups is 1. The Morgan fingerprint density at radius 1 is 1.46 bits per heavy atom. The molecule has 0 saturated carbocycles. The molecule has 2 amide bonds. The van der Waals surface area contributed by atoms with Crippen molar-refractivity contribution < 1.29 is 9.90 Å². The first-order valence-corrected chi connectivity index (χ1v) is 8.13. The Kier molecular flexibility index (Phi) is 5.05. The minimum Gasteiger partial charge on any atom is -0.387 e. The van der Waals surface area contributed by atoms with Crippen LogP contribution in [0.2, 0.25) is 0 Å². The van der Waals surface area contributed by atoms with Crippen LogP contribution in [-0.4, -0.2) is 49.3 Å². The zero-order valence-corrected chi connectivity index (χ0v) is 13.6. The van der Waals surface area contributed by atoms with Crippen LogP contribution in [-0.2, 0) is 6.54 Å². The molecular weight excluding hydrogens is 308 g/mol. The maximum atomic E-state index is 12.2. The zero-order chi connectivity index (χ0) is 16.9. The number of H-pyrrole nitrogens is 1. The van der Waals surface area contributed by atoms with Gasteiger partial charge in [0.2, 0.25) is 0 Å². The Morgan fingerprint density at radius 3 is 2.88 bits per heavy atom. The molecule has 1 aliphatic heterocycles. The second-order valence-electron chi connectivity index (χ2n) is 6.02. The van der Waals surface area contributed by atoms with Crippen molar-refractivity contribution in [3.05, 3.63) is 41.7 Å². The van der Waals surface area contributed by atoms with Crippen LogP contribution < -0.4 is 5.32 Å². The third-order valence-electron chi connectivity index (χ3n) is 4.31. The summed E-state index contributed by atoms with van der Waals surface area (Å²) in [5, 5.41) is 20.0. The van der Waals surface area contributed by atoms with Gasteiger partial charge in [-0.3, -0.25) is 10.1 Å². The van der Waals surface area contributed by atoms with Gasteiger partial charge in [0.1, 0.15) is 5.82 Å². The molecular formula is C16H22N6O2. The van der Waals surface area contributed by atoms with Crippen LogP contribution in [0.15, 0.2) is 24.4 Å². The molecule has 0 aromatic carbocycles. The average molecular weight is 330 g/mol. The second-order valence-corrected chi connectivity index (χ2v) is 6.02. The van der Waals surface area contributed by atoms with Crippen molar-refractivity contribution in [2.24, 2.45) is 5.92 Å². The fourth-order valence-corrected chi connectivity index (χ4v) is 2.95. The van der Waals surface area contributed by atoms with E-state index in [2.05, 4.69) is 25.5 Å². The molecule has 24 heavy (non-hydrogen) atoms. The van der Waals surface area contributed by atoms with Crippen molar-refractivity contribution in [2.45, 2.75) is 32.4 Å². The van der Waals surface area contributed by atoms with Crippen LogP contribution in [0.3, 0.4) is 0 Å². The monoisotopic (exact) mass is 330 g/mol. The molecule has 1 aliphatic rings. The lowest BCUT2D eigenvalue weighted by Gasteiger charge is -2.34. The van der Waals surface area contributed by atoms with E-state index in [-0.39, 0.29) is 11.9 Å². The van der Waals surface area contributed by atoms with Gasteiger partial charge in [-0.25, -0.2) is 9.78 Å².